The number of hydrogen-bond donors (Lipinski definition) is 0. The maximum absolute atomic E-state index is 4.72. The minimum atomic E-state index is 0.357. The SMILES string of the molecule is CC1(C2CC3CC2CC2CCC3C2)CC=N1. The molecule has 0 aromatic carbocycles. The Bertz CT molecular complexity index is 334. The van der Waals surface area contributed by atoms with Gasteiger partial charge in [-0.25, -0.2) is 0 Å². The Morgan fingerprint density at radius 2 is 1.81 bits per heavy atom. The molecule has 1 nitrogen and oxygen atoms in total. The van der Waals surface area contributed by atoms with Gasteiger partial charge in [0.15, 0.2) is 0 Å². The first kappa shape index (κ1) is 9.67. The molecule has 1 aliphatic heterocycles. The maximum atomic E-state index is 4.72. The van der Waals surface area contributed by atoms with Gasteiger partial charge in [0.2, 0.25) is 0 Å². The van der Waals surface area contributed by atoms with E-state index in [0.29, 0.717) is 5.54 Å². The second-order valence-electron chi connectivity index (χ2n) is 7.15. The van der Waals surface area contributed by atoms with Crippen LogP contribution in [0.1, 0.15) is 51.9 Å². The molecule has 6 atom stereocenters. The van der Waals surface area contributed by atoms with Gasteiger partial charge in [-0.2, -0.15) is 0 Å². The van der Waals surface area contributed by atoms with E-state index in [1.807, 2.05) is 0 Å². The molecule has 3 fully saturated rings. The number of aliphatic imine (C=N–C) groups is 1. The number of nitrogens with zero attached hydrogens (tertiary/aromatic N) is 1. The molecular formula is C15H23N. The molecular weight excluding hydrogens is 194 g/mol. The van der Waals surface area contributed by atoms with Crippen molar-refractivity contribution in [3.63, 3.8) is 0 Å². The van der Waals surface area contributed by atoms with Crippen LogP contribution in [0.4, 0.5) is 0 Å². The van der Waals surface area contributed by atoms with E-state index in [1.54, 1.807) is 32.1 Å². The fourth-order valence-corrected chi connectivity index (χ4v) is 5.39. The average molecular weight is 217 g/mol. The van der Waals surface area contributed by atoms with E-state index in [2.05, 4.69) is 13.1 Å². The van der Waals surface area contributed by atoms with Gasteiger partial charge in [-0.3, -0.25) is 4.99 Å². The van der Waals surface area contributed by atoms with Crippen molar-refractivity contribution < 1.29 is 0 Å². The van der Waals surface area contributed by atoms with E-state index in [4.69, 9.17) is 4.99 Å². The first-order valence-electron chi connectivity index (χ1n) is 7.28. The number of fused-ring (bicyclic) bond motifs is 5. The Morgan fingerprint density at radius 1 is 1.00 bits per heavy atom. The van der Waals surface area contributed by atoms with Crippen LogP contribution >= 0.6 is 0 Å². The molecule has 0 saturated heterocycles. The minimum Gasteiger partial charge on any atom is -0.290 e. The minimum absolute atomic E-state index is 0.357. The van der Waals surface area contributed by atoms with Crippen molar-refractivity contribution in [3.05, 3.63) is 0 Å². The van der Waals surface area contributed by atoms with Crippen LogP contribution in [0.5, 0.6) is 0 Å². The Balaban J connectivity index is 1.62. The molecule has 0 amide bonds. The second kappa shape index (κ2) is 3.11. The summed E-state index contributed by atoms with van der Waals surface area (Å²) in [7, 11) is 0. The van der Waals surface area contributed by atoms with Crippen LogP contribution < -0.4 is 0 Å². The summed E-state index contributed by atoms with van der Waals surface area (Å²) in [4.78, 5) is 4.72. The molecule has 0 N–H and O–H groups in total. The topological polar surface area (TPSA) is 12.4 Å². The summed E-state index contributed by atoms with van der Waals surface area (Å²) in [5.41, 5.74) is 0.357. The highest BCUT2D eigenvalue weighted by atomic mass is 14.9. The summed E-state index contributed by atoms with van der Waals surface area (Å²) >= 11 is 0. The van der Waals surface area contributed by atoms with Crippen LogP contribution in [0.25, 0.3) is 0 Å². The van der Waals surface area contributed by atoms with Gasteiger partial charge in [-0.15, -0.1) is 0 Å². The molecule has 1 heterocycles. The average Bonchev–Trinajstić information content (AvgIpc) is 2.75. The molecule has 6 unspecified atom stereocenters. The lowest BCUT2D eigenvalue weighted by atomic mass is 9.71. The van der Waals surface area contributed by atoms with Gasteiger partial charge in [-0.1, -0.05) is 6.42 Å². The molecule has 16 heavy (non-hydrogen) atoms. The molecule has 0 radical (unpaired) electrons. The smallest absolute Gasteiger partial charge is 0.0656 e. The molecule has 4 bridgehead atoms. The summed E-state index contributed by atoms with van der Waals surface area (Å²) < 4.78 is 0. The van der Waals surface area contributed by atoms with E-state index < -0.39 is 0 Å². The Morgan fingerprint density at radius 3 is 2.56 bits per heavy atom. The Kier molecular flexibility index (Phi) is 1.88. The lowest BCUT2D eigenvalue weighted by Crippen LogP contribution is -2.41. The molecule has 0 spiro atoms. The fraction of sp³-hybridized carbons (Fsp3) is 0.933. The molecule has 1 heteroatoms. The molecule has 0 aromatic heterocycles. The zero-order valence-electron chi connectivity index (χ0n) is 10.4. The lowest BCUT2D eigenvalue weighted by Gasteiger charge is -2.40. The third-order valence-corrected chi connectivity index (χ3v) is 6.31. The quantitative estimate of drug-likeness (QED) is 0.635. The molecule has 4 aliphatic rings. The highest BCUT2D eigenvalue weighted by Crippen LogP contribution is 2.58. The molecule has 3 aliphatic carbocycles. The van der Waals surface area contributed by atoms with Crippen LogP contribution in [0.3, 0.4) is 0 Å². The number of hydrogen-bond acceptors (Lipinski definition) is 1. The van der Waals surface area contributed by atoms with Gasteiger partial charge in [0, 0.05) is 12.6 Å². The number of rotatable bonds is 1. The van der Waals surface area contributed by atoms with E-state index in [0.717, 1.165) is 29.6 Å². The fourth-order valence-electron chi connectivity index (χ4n) is 5.39. The van der Waals surface area contributed by atoms with Crippen molar-refractivity contribution >= 4 is 6.21 Å². The second-order valence-corrected chi connectivity index (χ2v) is 7.15. The van der Waals surface area contributed by atoms with Crippen LogP contribution in [-0.4, -0.2) is 11.8 Å². The van der Waals surface area contributed by atoms with Crippen molar-refractivity contribution in [2.75, 3.05) is 0 Å². The summed E-state index contributed by atoms with van der Waals surface area (Å²) in [5, 5.41) is 0. The monoisotopic (exact) mass is 217 g/mol. The van der Waals surface area contributed by atoms with Crippen LogP contribution in [0, 0.1) is 29.6 Å². The summed E-state index contributed by atoms with van der Waals surface area (Å²) in [6.07, 6.45) is 12.7. The van der Waals surface area contributed by atoms with Crippen molar-refractivity contribution in [3.8, 4) is 0 Å². The van der Waals surface area contributed by atoms with Crippen molar-refractivity contribution in [2.45, 2.75) is 57.4 Å². The standard InChI is InChI=1S/C15H23N/c1-15(4-5-16-15)14-9-12-8-13(14)7-10-2-3-11(12)6-10/h5,10-14H,2-4,6-9H2,1H3. The molecule has 4 rings (SSSR count). The third-order valence-electron chi connectivity index (χ3n) is 6.31. The molecule has 0 aromatic rings. The van der Waals surface area contributed by atoms with E-state index in [9.17, 15) is 0 Å². The van der Waals surface area contributed by atoms with Crippen LogP contribution in [0.15, 0.2) is 4.99 Å². The predicted molar refractivity (Wildman–Crippen MR) is 66.7 cm³/mol. The highest BCUT2D eigenvalue weighted by Gasteiger charge is 2.51. The van der Waals surface area contributed by atoms with Crippen molar-refractivity contribution in [1.29, 1.82) is 0 Å². The molecule has 88 valence electrons. The highest BCUT2D eigenvalue weighted by molar-refractivity contribution is 5.66. The first-order valence-corrected chi connectivity index (χ1v) is 7.28. The Labute approximate surface area is 98.7 Å². The van der Waals surface area contributed by atoms with Gasteiger partial charge < -0.3 is 0 Å². The first-order chi connectivity index (χ1) is 7.74. The van der Waals surface area contributed by atoms with E-state index >= 15 is 0 Å². The van der Waals surface area contributed by atoms with Gasteiger partial charge in [0.25, 0.3) is 0 Å². The van der Waals surface area contributed by atoms with Gasteiger partial charge in [0.05, 0.1) is 5.54 Å². The maximum Gasteiger partial charge on any atom is 0.0656 e. The zero-order chi connectivity index (χ0) is 10.8. The van der Waals surface area contributed by atoms with Crippen LogP contribution in [0.2, 0.25) is 0 Å². The summed E-state index contributed by atoms with van der Waals surface area (Å²) in [6, 6.07) is 0. The van der Waals surface area contributed by atoms with Gasteiger partial charge >= 0.3 is 0 Å². The molecule has 3 saturated carbocycles. The largest absolute Gasteiger partial charge is 0.290 e. The van der Waals surface area contributed by atoms with Gasteiger partial charge in [-0.05, 0) is 68.6 Å². The van der Waals surface area contributed by atoms with Crippen molar-refractivity contribution in [2.24, 2.45) is 34.6 Å². The Hall–Kier alpha value is -0.330. The van der Waals surface area contributed by atoms with Crippen LogP contribution in [-0.2, 0) is 0 Å². The predicted octanol–water partition coefficient (Wildman–Crippen LogP) is 3.68. The zero-order valence-corrected chi connectivity index (χ0v) is 10.4. The van der Waals surface area contributed by atoms with Gasteiger partial charge in [0.1, 0.15) is 0 Å². The van der Waals surface area contributed by atoms with E-state index in [-0.39, 0.29) is 0 Å². The van der Waals surface area contributed by atoms with Crippen molar-refractivity contribution in [1.82, 2.24) is 0 Å². The third kappa shape index (κ3) is 1.21. The van der Waals surface area contributed by atoms with E-state index in [1.165, 1.54) is 12.8 Å². The summed E-state index contributed by atoms with van der Waals surface area (Å²) in [6.45, 7) is 2.41. The summed E-state index contributed by atoms with van der Waals surface area (Å²) in [5.74, 6) is 5.24. The normalized spacial score (nSPS) is 58.4. The lowest BCUT2D eigenvalue weighted by molar-refractivity contribution is 0.189.